The number of hydrogen-bond acceptors (Lipinski definition) is 0. The summed E-state index contributed by atoms with van der Waals surface area (Å²) in [7, 11) is 0. The smallest absolute Gasteiger partial charge is 0.0326 e. The standard InChI is InChI=1S/C23H46/c1-4-6-7-8-9-10-11-12-13-14-15-16-17-18-19-20-22-23(3)21-5-2/h22H,4-21H2,1-3H3/b23-22-. The van der Waals surface area contributed by atoms with E-state index in [1.54, 1.807) is 5.57 Å². The summed E-state index contributed by atoms with van der Waals surface area (Å²) in [6.07, 6.45) is 28.2. The zero-order valence-corrected chi connectivity index (χ0v) is 16.8. The molecular weight excluding hydrogens is 276 g/mol. The summed E-state index contributed by atoms with van der Waals surface area (Å²) < 4.78 is 0. The van der Waals surface area contributed by atoms with Crippen molar-refractivity contribution in [1.82, 2.24) is 0 Å². The van der Waals surface area contributed by atoms with Gasteiger partial charge in [0.25, 0.3) is 0 Å². The van der Waals surface area contributed by atoms with E-state index in [9.17, 15) is 0 Å². The van der Waals surface area contributed by atoms with Gasteiger partial charge in [0.15, 0.2) is 0 Å². The van der Waals surface area contributed by atoms with Crippen LogP contribution < -0.4 is 0 Å². The topological polar surface area (TPSA) is 0 Å². The van der Waals surface area contributed by atoms with Gasteiger partial charge < -0.3 is 0 Å². The SMILES string of the molecule is CCCCCCCCCCCCCCCCC/C=C(/C)CCC. The highest BCUT2D eigenvalue weighted by molar-refractivity contribution is 4.97. The van der Waals surface area contributed by atoms with Crippen LogP contribution in [0.15, 0.2) is 11.6 Å². The normalized spacial score (nSPS) is 12.0. The van der Waals surface area contributed by atoms with Gasteiger partial charge in [0.1, 0.15) is 0 Å². The molecule has 0 aliphatic heterocycles. The minimum absolute atomic E-state index is 1.29. The number of hydrogen-bond donors (Lipinski definition) is 0. The molecule has 0 heterocycles. The van der Waals surface area contributed by atoms with E-state index in [4.69, 9.17) is 0 Å². The first-order valence-corrected chi connectivity index (χ1v) is 11.0. The maximum atomic E-state index is 2.46. The van der Waals surface area contributed by atoms with Gasteiger partial charge in [-0.15, -0.1) is 0 Å². The van der Waals surface area contributed by atoms with Crippen molar-refractivity contribution in [3.63, 3.8) is 0 Å². The van der Waals surface area contributed by atoms with Crippen molar-refractivity contribution >= 4 is 0 Å². The fourth-order valence-electron chi connectivity index (χ4n) is 3.36. The van der Waals surface area contributed by atoms with Crippen LogP contribution in [0, 0.1) is 0 Å². The predicted molar refractivity (Wildman–Crippen MR) is 108 cm³/mol. The average molecular weight is 323 g/mol. The van der Waals surface area contributed by atoms with E-state index in [-0.39, 0.29) is 0 Å². The van der Waals surface area contributed by atoms with E-state index in [1.807, 2.05) is 0 Å². The Morgan fingerprint density at radius 1 is 0.522 bits per heavy atom. The van der Waals surface area contributed by atoms with Crippen LogP contribution in [0.2, 0.25) is 0 Å². The largest absolute Gasteiger partial charge is 0.0856 e. The Bertz CT molecular complexity index is 238. The van der Waals surface area contributed by atoms with Crippen LogP contribution in [-0.4, -0.2) is 0 Å². The quantitative estimate of drug-likeness (QED) is 0.174. The molecule has 0 rings (SSSR count). The molecule has 0 aromatic rings. The second kappa shape index (κ2) is 19.8. The van der Waals surface area contributed by atoms with Crippen molar-refractivity contribution in [2.45, 2.75) is 136 Å². The molecule has 0 fully saturated rings. The Kier molecular flexibility index (Phi) is 19.6. The van der Waals surface area contributed by atoms with Crippen LogP contribution >= 0.6 is 0 Å². The molecule has 0 aliphatic carbocycles. The fourth-order valence-corrected chi connectivity index (χ4v) is 3.36. The first-order valence-electron chi connectivity index (χ1n) is 11.0. The zero-order valence-electron chi connectivity index (χ0n) is 16.8. The molecule has 0 radical (unpaired) electrons. The molecule has 0 aromatic heterocycles. The summed E-state index contributed by atoms with van der Waals surface area (Å²) in [5, 5.41) is 0. The van der Waals surface area contributed by atoms with Gasteiger partial charge in [-0.3, -0.25) is 0 Å². The van der Waals surface area contributed by atoms with Gasteiger partial charge >= 0.3 is 0 Å². The van der Waals surface area contributed by atoms with Crippen molar-refractivity contribution in [2.75, 3.05) is 0 Å². The first-order chi connectivity index (χ1) is 11.3. The van der Waals surface area contributed by atoms with Crippen LogP contribution in [0.4, 0.5) is 0 Å². The Labute approximate surface area is 148 Å². The fraction of sp³-hybridized carbons (Fsp3) is 0.913. The van der Waals surface area contributed by atoms with E-state index in [0.29, 0.717) is 0 Å². The Morgan fingerprint density at radius 3 is 1.30 bits per heavy atom. The second-order valence-corrected chi connectivity index (χ2v) is 7.54. The predicted octanol–water partition coefficient (Wildman–Crippen LogP) is 8.99. The van der Waals surface area contributed by atoms with Gasteiger partial charge in [-0.2, -0.15) is 0 Å². The van der Waals surface area contributed by atoms with Gasteiger partial charge in [-0.25, -0.2) is 0 Å². The molecule has 0 heteroatoms. The van der Waals surface area contributed by atoms with E-state index in [2.05, 4.69) is 26.8 Å². The number of rotatable bonds is 18. The molecule has 0 atom stereocenters. The third-order valence-electron chi connectivity index (χ3n) is 4.94. The van der Waals surface area contributed by atoms with Crippen molar-refractivity contribution in [2.24, 2.45) is 0 Å². The maximum absolute atomic E-state index is 2.46. The Morgan fingerprint density at radius 2 is 0.913 bits per heavy atom. The van der Waals surface area contributed by atoms with E-state index in [0.717, 1.165) is 0 Å². The average Bonchev–Trinajstić information content (AvgIpc) is 2.54. The van der Waals surface area contributed by atoms with Crippen molar-refractivity contribution in [3.05, 3.63) is 11.6 Å². The van der Waals surface area contributed by atoms with Crippen molar-refractivity contribution < 1.29 is 0 Å². The van der Waals surface area contributed by atoms with Crippen LogP contribution in [0.5, 0.6) is 0 Å². The zero-order chi connectivity index (χ0) is 17.0. The molecule has 0 amide bonds. The molecule has 0 aliphatic rings. The summed E-state index contributed by atoms with van der Waals surface area (Å²) in [4.78, 5) is 0. The molecular formula is C23H46. The van der Waals surface area contributed by atoms with Crippen LogP contribution in [0.25, 0.3) is 0 Å². The van der Waals surface area contributed by atoms with Crippen LogP contribution in [-0.2, 0) is 0 Å². The monoisotopic (exact) mass is 322 g/mol. The molecule has 0 saturated heterocycles. The highest BCUT2D eigenvalue weighted by Crippen LogP contribution is 2.14. The van der Waals surface area contributed by atoms with Crippen LogP contribution in [0.1, 0.15) is 136 Å². The Hall–Kier alpha value is -0.260. The first kappa shape index (κ1) is 22.7. The number of unbranched alkanes of at least 4 members (excludes halogenated alkanes) is 15. The molecule has 138 valence electrons. The van der Waals surface area contributed by atoms with Gasteiger partial charge in [-0.05, 0) is 26.2 Å². The third-order valence-corrected chi connectivity index (χ3v) is 4.94. The molecule has 0 nitrogen and oxygen atoms in total. The summed E-state index contributed by atoms with van der Waals surface area (Å²) in [6.45, 7) is 6.85. The van der Waals surface area contributed by atoms with E-state index < -0.39 is 0 Å². The minimum Gasteiger partial charge on any atom is -0.0856 e. The molecule has 0 spiro atoms. The molecule has 0 bridgehead atoms. The lowest BCUT2D eigenvalue weighted by atomic mass is 10.0. The van der Waals surface area contributed by atoms with Gasteiger partial charge in [0.05, 0.1) is 0 Å². The molecule has 23 heavy (non-hydrogen) atoms. The molecule has 0 saturated carbocycles. The minimum atomic E-state index is 1.29. The Balaban J connectivity index is 3.07. The van der Waals surface area contributed by atoms with Gasteiger partial charge in [-0.1, -0.05) is 122 Å². The maximum Gasteiger partial charge on any atom is -0.0326 e. The summed E-state index contributed by atoms with van der Waals surface area (Å²) in [5.41, 5.74) is 1.60. The molecule has 0 N–H and O–H groups in total. The van der Waals surface area contributed by atoms with Gasteiger partial charge in [0, 0.05) is 0 Å². The highest BCUT2D eigenvalue weighted by atomic mass is 14.0. The molecule has 0 aromatic carbocycles. The van der Waals surface area contributed by atoms with E-state index >= 15 is 0 Å². The number of allylic oxidation sites excluding steroid dienone is 2. The summed E-state index contributed by atoms with van der Waals surface area (Å²) in [5.74, 6) is 0. The van der Waals surface area contributed by atoms with E-state index in [1.165, 1.54) is 116 Å². The van der Waals surface area contributed by atoms with Gasteiger partial charge in [0.2, 0.25) is 0 Å². The highest BCUT2D eigenvalue weighted by Gasteiger charge is 1.94. The summed E-state index contributed by atoms with van der Waals surface area (Å²) >= 11 is 0. The second-order valence-electron chi connectivity index (χ2n) is 7.54. The third kappa shape index (κ3) is 19.7. The van der Waals surface area contributed by atoms with Crippen molar-refractivity contribution in [1.29, 1.82) is 0 Å². The lowest BCUT2D eigenvalue weighted by Gasteiger charge is -2.03. The lowest BCUT2D eigenvalue weighted by molar-refractivity contribution is 0.532. The lowest BCUT2D eigenvalue weighted by Crippen LogP contribution is -1.83. The summed E-state index contributed by atoms with van der Waals surface area (Å²) in [6, 6.07) is 0. The van der Waals surface area contributed by atoms with Crippen molar-refractivity contribution in [3.8, 4) is 0 Å². The molecule has 0 unspecified atom stereocenters. The van der Waals surface area contributed by atoms with Crippen LogP contribution in [0.3, 0.4) is 0 Å².